The lowest BCUT2D eigenvalue weighted by molar-refractivity contribution is -0.114. The molecule has 0 saturated carbocycles. The monoisotopic (exact) mass is 1410 g/mol. The summed E-state index contributed by atoms with van der Waals surface area (Å²) < 4.78 is 30.2. The maximum Gasteiger partial charge on any atom is 0.321 e. The number of benzene rings is 6. The molecule has 0 bridgehead atoms. The number of aromatic hydroxyl groups is 2. The highest BCUT2D eigenvalue weighted by Gasteiger charge is 2.34. The Bertz CT molecular complexity index is 4560. The molecule has 12 rings (SSSR count). The Morgan fingerprint density at radius 1 is 0.604 bits per heavy atom. The molecule has 3 aliphatic rings. The fourth-order valence-corrected chi connectivity index (χ4v) is 13.4. The molecule has 0 unspecified atom stereocenters. The molecule has 3 saturated heterocycles. The quantitative estimate of drug-likeness (QED) is 0.0535. The average molecular weight is 1410 g/mol. The van der Waals surface area contributed by atoms with Crippen LogP contribution in [-0.4, -0.2) is 106 Å². The van der Waals surface area contributed by atoms with E-state index in [-0.39, 0.29) is 40.7 Å². The number of H-pyrrole nitrogens is 1. The van der Waals surface area contributed by atoms with Crippen LogP contribution in [0.3, 0.4) is 0 Å². The third-order valence-corrected chi connectivity index (χ3v) is 18.1. The summed E-state index contributed by atoms with van der Waals surface area (Å²) in [7, 11) is 3.53. The fraction of sp³-hybridized carbons (Fsp3) is 0.129. The van der Waals surface area contributed by atoms with Crippen molar-refractivity contribution >= 4 is 162 Å². The number of rotatable bonds is 18. The number of ether oxygens (including phenoxy) is 5. The second kappa shape index (κ2) is 34.6. The SMILES string of the molecule is C=c1[nH]c(=O)c(=Cc2ccc(OCCN(C)c3cnccn3)cc2)s1.CCOc1cc(C=C2SC(=S)N(c3ccc(OC)cc3)C2=O)ccc1O.CCOc1cc(C=C2SC(=S)N(c3ccccc3)C2=O)ccc1O.O=C1CC(=S)SC1=Cc1cccc(Oc2ncccn2)c1. The lowest BCUT2D eigenvalue weighted by atomic mass is 10.1. The molecule has 3 aliphatic heterocycles. The van der Waals surface area contributed by atoms with Gasteiger partial charge in [-0.2, -0.15) is 0 Å². The number of hydrogen-bond donors (Lipinski definition) is 3. The van der Waals surface area contributed by atoms with Crippen molar-refractivity contribution in [2.45, 2.75) is 20.3 Å². The topological polar surface area (TPSA) is 232 Å². The summed E-state index contributed by atoms with van der Waals surface area (Å²) in [4.78, 5) is 74.6. The second-order valence-corrected chi connectivity index (χ2v) is 26.4. The highest BCUT2D eigenvalue weighted by atomic mass is 32.2. The standard InChI is InChI=1S/C19H17NO4S2.C18H18N4O2S.C18H15NO3S2.C15H10N2O2S2/c1-3-24-16-10-12(4-9-15(16)21)11-17-18(22)20(19(25)26-17)13-5-7-14(23-2)8-6-13;1-13-21-18(23)16(25-13)11-14-3-5-15(6-4-14)24-10-9-22(2)17-12-19-7-8-20-17;1-2-22-15-10-12(8-9-14(15)20)11-16-17(21)19(18(23)24-16)13-6-4-3-5-7-13;18-12-9-14(20)21-13(12)8-10-3-1-4-11(7-10)19-15-16-5-2-6-17-15/h4-11,21H,3H2,1-2H3;3-8,11-12H,1,9-10H2,2H3,(H,21,23);3-11,20H,2H2,1H3;1-8H,9H2. The van der Waals surface area contributed by atoms with Crippen molar-refractivity contribution in [3.8, 4) is 46.3 Å². The minimum Gasteiger partial charge on any atom is -0.504 e. The number of methoxy groups -OCH3 is 1. The average Bonchev–Trinajstić information content (AvgIpc) is 1.67. The van der Waals surface area contributed by atoms with Crippen molar-refractivity contribution in [3.05, 3.63) is 233 Å². The van der Waals surface area contributed by atoms with Crippen LogP contribution in [0.5, 0.6) is 46.3 Å². The Morgan fingerprint density at radius 2 is 1.18 bits per heavy atom. The number of hydrogen-bond acceptors (Lipinski definition) is 23. The van der Waals surface area contributed by atoms with Gasteiger partial charge in [0.25, 0.3) is 17.4 Å². The van der Waals surface area contributed by atoms with E-state index < -0.39 is 0 Å². The molecule has 488 valence electrons. The zero-order chi connectivity index (χ0) is 68.1. The maximum atomic E-state index is 12.8. The largest absolute Gasteiger partial charge is 0.504 e. The first-order valence-corrected chi connectivity index (χ1v) is 33.7. The first-order valence-electron chi connectivity index (χ1n) is 29.2. The van der Waals surface area contributed by atoms with Crippen molar-refractivity contribution in [1.29, 1.82) is 0 Å². The van der Waals surface area contributed by atoms with Gasteiger partial charge in [0.15, 0.2) is 37.4 Å². The van der Waals surface area contributed by atoms with E-state index in [4.69, 9.17) is 60.3 Å². The van der Waals surface area contributed by atoms with Gasteiger partial charge in [-0.1, -0.05) is 133 Å². The van der Waals surface area contributed by atoms with Gasteiger partial charge in [0.2, 0.25) is 0 Å². The summed E-state index contributed by atoms with van der Waals surface area (Å²) in [6, 6.07) is 43.4. The number of carbonyl (C=O) groups is 3. The molecule has 26 heteroatoms. The Balaban J connectivity index is 0.000000151. The van der Waals surface area contributed by atoms with Crippen LogP contribution in [0.25, 0.3) is 30.9 Å². The van der Waals surface area contributed by atoms with E-state index in [0.29, 0.717) is 94.0 Å². The van der Waals surface area contributed by atoms with E-state index in [1.54, 1.807) is 117 Å². The van der Waals surface area contributed by atoms with Crippen molar-refractivity contribution in [3.63, 3.8) is 0 Å². The number of phenolic OH excluding ortho intramolecular Hbond substituents is 2. The maximum absolute atomic E-state index is 12.8. The smallest absolute Gasteiger partial charge is 0.321 e. The van der Waals surface area contributed by atoms with Crippen LogP contribution in [-0.2, 0) is 14.4 Å². The number of thiocarbonyl (C=S) groups is 3. The number of nitrogens with one attached hydrogen (secondary N) is 1. The summed E-state index contributed by atoms with van der Waals surface area (Å²) in [5, 5.41) is 19.6. The van der Waals surface area contributed by atoms with Crippen molar-refractivity contribution in [2.24, 2.45) is 0 Å². The molecular weight excluding hydrogens is 1350 g/mol. The number of anilines is 3. The molecule has 3 fully saturated rings. The normalized spacial score (nSPS) is 14.8. The summed E-state index contributed by atoms with van der Waals surface area (Å²) in [6.07, 6.45) is 15.8. The fourth-order valence-electron chi connectivity index (χ4n) is 8.78. The third kappa shape index (κ3) is 19.7. The number of likely N-dealkylation sites (N-methyl/N-ethyl adjacent to an activating group) is 1. The number of para-hydroxylation sites is 1. The Hall–Kier alpha value is -9.80. The molecule has 0 radical (unpaired) electrons. The van der Waals surface area contributed by atoms with E-state index >= 15 is 0 Å². The molecule has 6 heterocycles. The molecular formula is C70H60N8O11S7. The number of ketones is 1. The van der Waals surface area contributed by atoms with E-state index in [1.165, 1.54) is 56.4 Å². The molecule has 0 spiro atoms. The van der Waals surface area contributed by atoms with Gasteiger partial charge in [-0.25, -0.2) is 15.0 Å². The zero-order valence-electron chi connectivity index (χ0n) is 51.9. The first kappa shape index (κ1) is 70.5. The molecule has 3 N–H and O–H groups in total. The lowest BCUT2D eigenvalue weighted by Crippen LogP contribution is -2.27. The van der Waals surface area contributed by atoms with Gasteiger partial charge >= 0.3 is 6.01 Å². The van der Waals surface area contributed by atoms with E-state index in [1.807, 2.05) is 117 Å². The number of nitrogens with zero attached hydrogens (tertiary/aromatic N) is 7. The van der Waals surface area contributed by atoms with Crippen LogP contribution in [0.1, 0.15) is 42.5 Å². The van der Waals surface area contributed by atoms with E-state index in [2.05, 4.69) is 31.5 Å². The van der Waals surface area contributed by atoms with Gasteiger partial charge in [0.05, 0.1) is 79.0 Å². The predicted molar refractivity (Wildman–Crippen MR) is 396 cm³/mol. The van der Waals surface area contributed by atoms with Crippen LogP contribution >= 0.6 is 83.3 Å². The van der Waals surface area contributed by atoms with Crippen molar-refractivity contribution < 1.29 is 48.3 Å². The highest BCUT2D eigenvalue weighted by Crippen LogP contribution is 2.40. The summed E-state index contributed by atoms with van der Waals surface area (Å²) in [5.74, 6) is 3.57. The molecule has 0 aliphatic carbocycles. The van der Waals surface area contributed by atoms with Gasteiger partial charge in [0, 0.05) is 31.8 Å². The number of Topliss-reactive ketones (excluding diaryl/α,β-unsaturated/α-hetero) is 1. The van der Waals surface area contributed by atoms with Gasteiger partial charge in [-0.15, -0.1) is 11.3 Å². The summed E-state index contributed by atoms with van der Waals surface area (Å²) in [6.45, 7) is 9.55. The van der Waals surface area contributed by atoms with Crippen LogP contribution in [0.4, 0.5) is 17.2 Å². The van der Waals surface area contributed by atoms with Crippen LogP contribution in [0, 0.1) is 0 Å². The molecule has 9 aromatic rings. The number of thioether (sulfide) groups is 3. The highest BCUT2D eigenvalue weighted by molar-refractivity contribution is 8.28. The van der Waals surface area contributed by atoms with Gasteiger partial charge in [-0.3, -0.25) is 34.0 Å². The van der Waals surface area contributed by atoms with Crippen LogP contribution in [0.15, 0.2) is 196 Å². The molecule has 19 nitrogen and oxygen atoms in total. The van der Waals surface area contributed by atoms with Gasteiger partial charge in [0.1, 0.15) is 29.7 Å². The van der Waals surface area contributed by atoms with Crippen LogP contribution < -0.4 is 53.1 Å². The minimum absolute atomic E-state index is 0.0646. The summed E-state index contributed by atoms with van der Waals surface area (Å²) in [5.41, 5.74) is 4.68. The van der Waals surface area contributed by atoms with Crippen molar-refractivity contribution in [2.75, 3.05) is 55.2 Å². The molecule has 3 aromatic heterocycles. The number of carbonyl (C=O) groups excluding carboxylic acids is 3. The number of amides is 2. The second-order valence-electron chi connectivity index (χ2n) is 20.1. The van der Waals surface area contributed by atoms with Crippen LogP contribution in [0.2, 0.25) is 0 Å². The zero-order valence-corrected chi connectivity index (χ0v) is 57.6. The number of thiazole rings is 1. The molecule has 6 aromatic carbocycles. The lowest BCUT2D eigenvalue weighted by Gasteiger charge is -2.17. The first-order chi connectivity index (χ1) is 46.4. The number of phenols is 2. The minimum atomic E-state index is -0.184. The number of aromatic amines is 1. The number of allylic oxidation sites excluding steroid dienone is 1. The summed E-state index contributed by atoms with van der Waals surface area (Å²) >= 11 is 21.0. The van der Waals surface area contributed by atoms with E-state index in [9.17, 15) is 29.4 Å². The predicted octanol–water partition coefficient (Wildman–Crippen LogP) is 13.0. The Labute approximate surface area is 585 Å². The van der Waals surface area contributed by atoms with Gasteiger partial charge < -0.3 is 43.8 Å². The number of aromatic nitrogens is 5. The van der Waals surface area contributed by atoms with Crippen molar-refractivity contribution in [1.82, 2.24) is 24.9 Å². The molecule has 96 heavy (non-hydrogen) atoms. The Morgan fingerprint density at radius 3 is 1.72 bits per heavy atom. The Kier molecular flexibility index (Phi) is 25.4. The van der Waals surface area contributed by atoms with E-state index in [0.717, 1.165) is 43.7 Å². The molecule has 0 atom stereocenters. The molecule has 2 amide bonds. The van der Waals surface area contributed by atoms with Gasteiger partial charge in [-0.05, 0) is 151 Å². The third-order valence-electron chi connectivity index (χ3n) is 13.3.